The number of hydrogen-bond acceptors (Lipinski definition) is 7. The van der Waals surface area contributed by atoms with Crippen LogP contribution >= 0.6 is 11.6 Å². The van der Waals surface area contributed by atoms with E-state index in [1.165, 1.54) is 18.3 Å². The molecule has 1 saturated carbocycles. The zero-order chi connectivity index (χ0) is 24.5. The zero-order valence-corrected chi connectivity index (χ0v) is 20.5. The van der Waals surface area contributed by atoms with Crippen LogP contribution in [0.3, 0.4) is 0 Å². The summed E-state index contributed by atoms with van der Waals surface area (Å²) in [5.41, 5.74) is 3.29. The first-order valence-electron chi connectivity index (χ1n) is 10.3. The molecule has 1 aromatic heterocycles. The number of anilines is 2. The maximum atomic E-state index is 12.0. The molecule has 0 bridgehead atoms. The van der Waals surface area contributed by atoms with Gasteiger partial charge in [-0.1, -0.05) is 35.9 Å². The van der Waals surface area contributed by atoms with Crippen LogP contribution in [0.4, 0.5) is 11.6 Å². The van der Waals surface area contributed by atoms with Gasteiger partial charge in [-0.05, 0) is 49.1 Å². The summed E-state index contributed by atoms with van der Waals surface area (Å²) in [5.74, 6) is 0.216. The SMILES string of the molecule is Cc1cc(CNS(=O)(=O)NC2CC2)ccc1-c1nc(Nc2cccc(S(N)(=O)=O)c2)ncc1Cl. The van der Waals surface area contributed by atoms with E-state index in [4.69, 9.17) is 16.7 Å². The molecule has 13 heteroatoms. The van der Waals surface area contributed by atoms with Crippen LogP contribution in [-0.2, 0) is 26.8 Å². The minimum atomic E-state index is -3.85. The summed E-state index contributed by atoms with van der Waals surface area (Å²) in [7, 11) is -7.39. The Bertz CT molecular complexity index is 1440. The van der Waals surface area contributed by atoms with Gasteiger partial charge in [-0.2, -0.15) is 17.9 Å². The Kier molecular flexibility index (Phi) is 6.90. The number of nitrogens with one attached hydrogen (secondary N) is 3. The maximum absolute atomic E-state index is 12.0. The zero-order valence-electron chi connectivity index (χ0n) is 18.1. The second-order valence-corrected chi connectivity index (χ2v) is 11.5. The molecular formula is C21H23ClN6O4S2. The van der Waals surface area contributed by atoms with Crippen molar-refractivity contribution in [1.29, 1.82) is 0 Å². The number of primary sulfonamides is 1. The van der Waals surface area contributed by atoms with Gasteiger partial charge in [0.1, 0.15) is 0 Å². The second-order valence-electron chi connectivity index (χ2n) is 7.95. The molecule has 4 rings (SSSR count). The molecule has 1 heterocycles. The van der Waals surface area contributed by atoms with E-state index in [0.29, 0.717) is 16.4 Å². The summed E-state index contributed by atoms with van der Waals surface area (Å²) in [6.07, 6.45) is 3.17. The molecule has 3 aromatic rings. The Morgan fingerprint density at radius 2 is 1.88 bits per heavy atom. The Balaban J connectivity index is 1.53. The molecule has 1 aliphatic rings. The van der Waals surface area contributed by atoms with Gasteiger partial charge in [0.05, 0.1) is 21.8 Å². The van der Waals surface area contributed by atoms with E-state index in [1.54, 1.807) is 18.2 Å². The first-order chi connectivity index (χ1) is 16.0. The van der Waals surface area contributed by atoms with Crippen molar-refractivity contribution < 1.29 is 16.8 Å². The lowest BCUT2D eigenvalue weighted by atomic mass is 10.0. The molecule has 0 saturated heterocycles. The third kappa shape index (κ3) is 6.29. The van der Waals surface area contributed by atoms with Crippen molar-refractivity contribution in [2.24, 2.45) is 5.14 Å². The van der Waals surface area contributed by atoms with Gasteiger partial charge >= 0.3 is 0 Å². The number of benzene rings is 2. The second kappa shape index (κ2) is 9.56. The number of halogens is 1. The smallest absolute Gasteiger partial charge is 0.277 e. The molecule has 2 aromatic carbocycles. The molecule has 0 amide bonds. The molecule has 180 valence electrons. The van der Waals surface area contributed by atoms with E-state index in [-0.39, 0.29) is 23.4 Å². The lowest BCUT2D eigenvalue weighted by Gasteiger charge is -2.12. The van der Waals surface area contributed by atoms with Crippen LogP contribution in [0.1, 0.15) is 24.0 Å². The molecule has 0 unspecified atom stereocenters. The maximum Gasteiger partial charge on any atom is 0.277 e. The highest BCUT2D eigenvalue weighted by atomic mass is 35.5. The Morgan fingerprint density at radius 3 is 2.56 bits per heavy atom. The average Bonchev–Trinajstić information content (AvgIpc) is 3.57. The first-order valence-corrected chi connectivity index (χ1v) is 13.7. The molecule has 1 aliphatic carbocycles. The number of nitrogens with zero attached hydrogens (tertiary/aromatic N) is 2. The van der Waals surface area contributed by atoms with Crippen LogP contribution in [0, 0.1) is 6.92 Å². The van der Waals surface area contributed by atoms with Crippen molar-refractivity contribution in [2.45, 2.75) is 37.2 Å². The molecule has 10 nitrogen and oxygen atoms in total. The summed E-state index contributed by atoms with van der Waals surface area (Å²) in [5, 5.41) is 8.48. The van der Waals surface area contributed by atoms with E-state index < -0.39 is 20.2 Å². The quantitative estimate of drug-likeness (QED) is 0.336. The number of hydrogen-bond donors (Lipinski definition) is 4. The highest BCUT2D eigenvalue weighted by Gasteiger charge is 2.26. The minimum absolute atomic E-state index is 0.0338. The first kappa shape index (κ1) is 24.5. The lowest BCUT2D eigenvalue weighted by molar-refractivity contribution is 0.565. The van der Waals surface area contributed by atoms with E-state index in [0.717, 1.165) is 29.5 Å². The normalized spacial score (nSPS) is 14.2. The van der Waals surface area contributed by atoms with Crippen LogP contribution in [0.15, 0.2) is 53.6 Å². The predicted octanol–water partition coefficient (Wildman–Crippen LogP) is 2.58. The summed E-state index contributed by atoms with van der Waals surface area (Å²) >= 11 is 6.36. The minimum Gasteiger partial charge on any atom is -0.324 e. The monoisotopic (exact) mass is 522 g/mol. The van der Waals surface area contributed by atoms with Crippen LogP contribution in [0.25, 0.3) is 11.3 Å². The van der Waals surface area contributed by atoms with Crippen molar-refractivity contribution in [2.75, 3.05) is 5.32 Å². The third-order valence-corrected chi connectivity index (χ3v) is 7.43. The van der Waals surface area contributed by atoms with Crippen molar-refractivity contribution in [3.63, 3.8) is 0 Å². The highest BCUT2D eigenvalue weighted by Crippen LogP contribution is 2.30. The van der Waals surface area contributed by atoms with Crippen molar-refractivity contribution in [3.05, 3.63) is 64.8 Å². The number of nitrogens with two attached hydrogens (primary N) is 1. The molecule has 34 heavy (non-hydrogen) atoms. The van der Waals surface area contributed by atoms with Gasteiger partial charge in [0.25, 0.3) is 10.2 Å². The van der Waals surface area contributed by atoms with Gasteiger partial charge in [0, 0.05) is 23.8 Å². The van der Waals surface area contributed by atoms with Crippen LogP contribution in [0.5, 0.6) is 0 Å². The number of rotatable bonds is 9. The van der Waals surface area contributed by atoms with E-state index >= 15 is 0 Å². The number of aromatic nitrogens is 2. The van der Waals surface area contributed by atoms with Gasteiger partial charge in [0.15, 0.2) is 0 Å². The number of sulfonamides is 1. The van der Waals surface area contributed by atoms with E-state index in [1.807, 2.05) is 19.1 Å². The fraction of sp³-hybridized carbons (Fsp3) is 0.238. The summed E-state index contributed by atoms with van der Waals surface area (Å²) in [6.45, 7) is 2.02. The summed E-state index contributed by atoms with van der Waals surface area (Å²) in [4.78, 5) is 8.61. The standard InChI is InChI=1S/C21H23ClN6O4S2/c1-13-9-14(11-25-34(31,32)28-15-6-7-15)5-8-18(13)20-19(22)12-24-21(27-20)26-16-3-2-4-17(10-16)33(23,29)30/h2-5,8-10,12,15,25,28H,6-7,11H2,1H3,(H2,23,29,30)(H,24,26,27). The topological polar surface area (TPSA) is 156 Å². The Hall–Kier alpha value is -2.61. The van der Waals surface area contributed by atoms with Crippen LogP contribution in [0.2, 0.25) is 5.02 Å². The fourth-order valence-corrected chi connectivity index (χ4v) is 5.11. The lowest BCUT2D eigenvalue weighted by Crippen LogP contribution is -2.37. The molecule has 0 spiro atoms. The average molecular weight is 523 g/mol. The summed E-state index contributed by atoms with van der Waals surface area (Å²) < 4.78 is 52.4. The van der Waals surface area contributed by atoms with Crippen LogP contribution in [-0.4, -0.2) is 32.8 Å². The molecule has 0 aliphatic heterocycles. The van der Waals surface area contributed by atoms with Crippen molar-refractivity contribution in [3.8, 4) is 11.3 Å². The largest absolute Gasteiger partial charge is 0.324 e. The fourth-order valence-electron chi connectivity index (χ4n) is 3.24. The molecular weight excluding hydrogens is 500 g/mol. The van der Waals surface area contributed by atoms with Crippen LogP contribution < -0.4 is 19.9 Å². The van der Waals surface area contributed by atoms with E-state index in [9.17, 15) is 16.8 Å². The van der Waals surface area contributed by atoms with Gasteiger partial charge in [0.2, 0.25) is 16.0 Å². The van der Waals surface area contributed by atoms with Crippen molar-refractivity contribution in [1.82, 2.24) is 19.4 Å². The third-order valence-electron chi connectivity index (χ3n) is 5.07. The molecule has 1 fully saturated rings. The Labute approximate surface area is 203 Å². The van der Waals surface area contributed by atoms with Gasteiger partial charge in [-0.3, -0.25) is 0 Å². The molecule has 5 N–H and O–H groups in total. The summed E-state index contributed by atoms with van der Waals surface area (Å²) in [6, 6.07) is 11.5. The van der Waals surface area contributed by atoms with Gasteiger partial charge in [-0.15, -0.1) is 0 Å². The van der Waals surface area contributed by atoms with Gasteiger partial charge in [-0.25, -0.2) is 23.5 Å². The molecule has 0 radical (unpaired) electrons. The number of aryl methyl sites for hydroxylation is 1. The highest BCUT2D eigenvalue weighted by molar-refractivity contribution is 7.89. The van der Waals surface area contributed by atoms with E-state index in [2.05, 4.69) is 24.7 Å². The Morgan fingerprint density at radius 1 is 1.12 bits per heavy atom. The molecule has 0 atom stereocenters. The van der Waals surface area contributed by atoms with Gasteiger partial charge < -0.3 is 5.32 Å². The predicted molar refractivity (Wildman–Crippen MR) is 130 cm³/mol. The van der Waals surface area contributed by atoms with Crippen molar-refractivity contribution >= 4 is 43.5 Å².